The van der Waals surface area contributed by atoms with E-state index in [9.17, 15) is 34.2 Å². The smallest absolute Gasteiger partial charge is 0.326 e. The molecule has 10 N–H and O–H groups in total. The third-order valence-corrected chi connectivity index (χ3v) is 6.49. The maximum absolute atomic E-state index is 13.4. The number of unbranched alkanes of at least 4 members (excludes halogenated alkanes) is 1. The Hall–Kier alpha value is -4.49. The van der Waals surface area contributed by atoms with E-state index in [1.807, 2.05) is 0 Å². The summed E-state index contributed by atoms with van der Waals surface area (Å²) in [7, 11) is 0. The Balaban J connectivity index is 2.25. The van der Waals surface area contributed by atoms with Gasteiger partial charge in [-0.3, -0.25) is 19.2 Å². The molecule has 0 saturated heterocycles. The van der Waals surface area contributed by atoms with Crippen molar-refractivity contribution in [1.82, 2.24) is 16.0 Å². The third-order valence-electron chi connectivity index (χ3n) is 6.49. The van der Waals surface area contributed by atoms with Gasteiger partial charge in [-0.2, -0.15) is 0 Å². The van der Waals surface area contributed by atoms with E-state index in [1.54, 1.807) is 42.5 Å². The third kappa shape index (κ3) is 11.9. The first-order valence-electron chi connectivity index (χ1n) is 13.6. The van der Waals surface area contributed by atoms with E-state index in [1.165, 1.54) is 12.1 Å². The number of carbonyl (C=O) groups is 5. The zero-order chi connectivity index (χ0) is 31.1. The van der Waals surface area contributed by atoms with Crippen LogP contribution >= 0.6 is 0 Å². The summed E-state index contributed by atoms with van der Waals surface area (Å²) in [6, 6.07) is 9.86. The highest BCUT2D eigenvalue weighted by Gasteiger charge is 2.30. The molecule has 4 atom stereocenters. The van der Waals surface area contributed by atoms with Gasteiger partial charge in [-0.05, 0) is 55.5 Å². The molecular formula is C29H39N5O8. The van der Waals surface area contributed by atoms with E-state index in [0.29, 0.717) is 30.5 Å². The van der Waals surface area contributed by atoms with Crippen LogP contribution in [0.3, 0.4) is 0 Å². The summed E-state index contributed by atoms with van der Waals surface area (Å²) in [6.45, 7) is 0.351. The molecule has 228 valence electrons. The average Bonchev–Trinajstić information content (AvgIpc) is 2.96. The topological polar surface area (TPSA) is 234 Å². The monoisotopic (exact) mass is 585 g/mol. The van der Waals surface area contributed by atoms with E-state index < -0.39 is 53.8 Å². The first-order chi connectivity index (χ1) is 20.0. The number of carbonyl (C=O) groups excluding carboxylic acids is 3. The Morgan fingerprint density at radius 2 is 1.24 bits per heavy atom. The Labute approximate surface area is 243 Å². The second-order valence-electron chi connectivity index (χ2n) is 9.91. The summed E-state index contributed by atoms with van der Waals surface area (Å²) in [5, 5.41) is 35.9. The lowest BCUT2D eigenvalue weighted by Crippen LogP contribution is -2.57. The van der Waals surface area contributed by atoms with Crippen molar-refractivity contribution in [3.8, 4) is 5.75 Å². The van der Waals surface area contributed by atoms with Crippen LogP contribution in [0.4, 0.5) is 0 Å². The highest BCUT2D eigenvalue weighted by atomic mass is 16.4. The molecule has 42 heavy (non-hydrogen) atoms. The summed E-state index contributed by atoms with van der Waals surface area (Å²) in [4.78, 5) is 62.3. The number of phenols is 1. The Kier molecular flexibility index (Phi) is 13.9. The quantitative estimate of drug-likeness (QED) is 0.109. The van der Waals surface area contributed by atoms with Gasteiger partial charge in [0.25, 0.3) is 0 Å². The first kappa shape index (κ1) is 33.7. The van der Waals surface area contributed by atoms with Crippen LogP contribution in [0.5, 0.6) is 5.75 Å². The van der Waals surface area contributed by atoms with Gasteiger partial charge in [0.15, 0.2) is 0 Å². The minimum atomic E-state index is -1.29. The van der Waals surface area contributed by atoms with E-state index in [-0.39, 0.29) is 37.9 Å². The zero-order valence-corrected chi connectivity index (χ0v) is 23.2. The molecule has 0 fully saturated rings. The lowest BCUT2D eigenvalue weighted by Gasteiger charge is -2.25. The van der Waals surface area contributed by atoms with Crippen molar-refractivity contribution >= 4 is 29.7 Å². The van der Waals surface area contributed by atoms with Crippen LogP contribution in [-0.2, 0) is 36.8 Å². The fourth-order valence-electron chi connectivity index (χ4n) is 4.12. The minimum absolute atomic E-state index is 0.000457. The molecule has 13 nitrogen and oxygen atoms in total. The van der Waals surface area contributed by atoms with Crippen molar-refractivity contribution in [2.24, 2.45) is 11.5 Å². The van der Waals surface area contributed by atoms with Gasteiger partial charge in [-0.25, -0.2) is 4.79 Å². The van der Waals surface area contributed by atoms with Crippen LogP contribution in [0.15, 0.2) is 54.6 Å². The van der Waals surface area contributed by atoms with E-state index in [2.05, 4.69) is 16.0 Å². The van der Waals surface area contributed by atoms with Crippen molar-refractivity contribution in [2.45, 2.75) is 69.1 Å². The number of carboxylic acids is 2. The van der Waals surface area contributed by atoms with Gasteiger partial charge in [0.2, 0.25) is 17.7 Å². The number of aliphatic carboxylic acids is 2. The van der Waals surface area contributed by atoms with Crippen molar-refractivity contribution in [1.29, 1.82) is 0 Å². The predicted octanol–water partition coefficient (Wildman–Crippen LogP) is 0.0375. The summed E-state index contributed by atoms with van der Waals surface area (Å²) in [5.41, 5.74) is 12.6. The molecule has 2 aromatic carbocycles. The van der Waals surface area contributed by atoms with Crippen LogP contribution in [0.25, 0.3) is 0 Å². The van der Waals surface area contributed by atoms with Crippen LogP contribution in [0.2, 0.25) is 0 Å². The first-order valence-corrected chi connectivity index (χ1v) is 13.6. The van der Waals surface area contributed by atoms with Crippen molar-refractivity contribution in [2.75, 3.05) is 6.54 Å². The normalized spacial score (nSPS) is 13.7. The molecule has 0 aliphatic carbocycles. The van der Waals surface area contributed by atoms with Gasteiger partial charge in [0.1, 0.15) is 23.9 Å². The molecule has 4 unspecified atom stereocenters. The number of amides is 3. The molecule has 0 aliphatic rings. The molecular weight excluding hydrogens is 546 g/mol. The molecule has 0 radical (unpaired) electrons. The number of hydrogen-bond donors (Lipinski definition) is 8. The number of nitrogens with two attached hydrogens (primary N) is 2. The van der Waals surface area contributed by atoms with Crippen molar-refractivity contribution in [3.05, 3.63) is 65.7 Å². The Bertz CT molecular complexity index is 1190. The standard InChI is InChI=1S/C29H39N5O8/c30-15-5-4-8-22(32-26(38)21(31)13-14-25(36)37)27(39)33-23(16-19-9-11-20(35)12-10-19)28(40)34-24(29(41)42)17-18-6-2-1-3-7-18/h1-3,6-7,9-12,21-24,35H,4-5,8,13-17,30-31H2,(H,32,38)(H,33,39)(H,34,40)(H,36,37)(H,41,42). The van der Waals surface area contributed by atoms with Crippen molar-refractivity contribution < 1.29 is 39.3 Å². The number of carboxylic acid groups (broad SMARTS) is 2. The van der Waals surface area contributed by atoms with E-state index >= 15 is 0 Å². The molecule has 3 amide bonds. The molecule has 0 saturated carbocycles. The Morgan fingerprint density at radius 3 is 1.83 bits per heavy atom. The molecule has 0 aromatic heterocycles. The highest BCUT2D eigenvalue weighted by molar-refractivity contribution is 5.94. The number of hydrogen-bond acceptors (Lipinski definition) is 8. The van der Waals surface area contributed by atoms with Gasteiger partial charge in [0, 0.05) is 19.3 Å². The van der Waals surface area contributed by atoms with Crippen LogP contribution < -0.4 is 27.4 Å². The van der Waals surface area contributed by atoms with Crippen LogP contribution in [0.1, 0.15) is 43.2 Å². The molecule has 0 bridgehead atoms. The Morgan fingerprint density at radius 1 is 0.690 bits per heavy atom. The van der Waals surface area contributed by atoms with Gasteiger partial charge in [0.05, 0.1) is 6.04 Å². The van der Waals surface area contributed by atoms with E-state index in [4.69, 9.17) is 16.6 Å². The van der Waals surface area contributed by atoms with Gasteiger partial charge < -0.3 is 42.7 Å². The molecule has 0 heterocycles. The number of rotatable bonds is 18. The summed E-state index contributed by atoms with van der Waals surface area (Å²) in [5.74, 6) is -4.57. The van der Waals surface area contributed by atoms with Gasteiger partial charge >= 0.3 is 11.9 Å². The second kappa shape index (κ2) is 17.4. The SMILES string of the molecule is NCCCCC(NC(=O)C(N)CCC(=O)O)C(=O)NC(Cc1ccc(O)cc1)C(=O)NC(Cc1ccccc1)C(=O)O. The number of aromatic hydroxyl groups is 1. The second-order valence-corrected chi connectivity index (χ2v) is 9.91. The lowest BCUT2D eigenvalue weighted by molar-refractivity contribution is -0.142. The summed E-state index contributed by atoms with van der Waals surface area (Å²) < 4.78 is 0. The fourth-order valence-corrected chi connectivity index (χ4v) is 4.12. The average molecular weight is 586 g/mol. The van der Waals surface area contributed by atoms with Crippen molar-refractivity contribution in [3.63, 3.8) is 0 Å². The zero-order valence-electron chi connectivity index (χ0n) is 23.2. The number of benzene rings is 2. The van der Waals surface area contributed by atoms with Gasteiger partial charge in [-0.1, -0.05) is 42.5 Å². The maximum atomic E-state index is 13.4. The predicted molar refractivity (Wildman–Crippen MR) is 153 cm³/mol. The molecule has 0 aliphatic heterocycles. The number of nitrogens with one attached hydrogen (secondary N) is 3. The van der Waals surface area contributed by atoms with E-state index in [0.717, 1.165) is 0 Å². The molecule has 13 heteroatoms. The van der Waals surface area contributed by atoms with Crippen LogP contribution in [-0.4, -0.2) is 75.7 Å². The summed E-state index contributed by atoms with van der Waals surface area (Å²) >= 11 is 0. The molecule has 2 rings (SSSR count). The number of phenolic OH excluding ortho intramolecular Hbond substituents is 1. The largest absolute Gasteiger partial charge is 0.508 e. The van der Waals surface area contributed by atoms with Gasteiger partial charge in [-0.15, -0.1) is 0 Å². The minimum Gasteiger partial charge on any atom is -0.508 e. The fraction of sp³-hybridized carbons (Fsp3) is 0.414. The summed E-state index contributed by atoms with van der Waals surface area (Å²) in [6.07, 6.45) is 0.683. The maximum Gasteiger partial charge on any atom is 0.326 e. The van der Waals surface area contributed by atoms with Crippen LogP contribution in [0, 0.1) is 0 Å². The molecule has 2 aromatic rings. The highest BCUT2D eigenvalue weighted by Crippen LogP contribution is 2.13. The molecule has 0 spiro atoms. The lowest BCUT2D eigenvalue weighted by atomic mass is 10.0.